The molecule has 2 amide bonds. The molecule has 0 bridgehead atoms. The Labute approximate surface area is 174 Å². The Morgan fingerprint density at radius 1 is 1.17 bits per heavy atom. The number of anilines is 1. The van der Waals surface area contributed by atoms with E-state index in [9.17, 15) is 19.7 Å². The third kappa shape index (κ3) is 4.42. The average molecular weight is 408 g/mol. The maximum Gasteiger partial charge on any atom is 0.293 e. The summed E-state index contributed by atoms with van der Waals surface area (Å²) in [5.74, 6) is -0.395. The zero-order valence-electron chi connectivity index (χ0n) is 16.8. The first-order valence-corrected chi connectivity index (χ1v) is 10.1. The fraction of sp³-hybridized carbons (Fsp3) is 0.364. The van der Waals surface area contributed by atoms with E-state index in [0.29, 0.717) is 19.5 Å². The van der Waals surface area contributed by atoms with Gasteiger partial charge in [0.25, 0.3) is 11.6 Å². The van der Waals surface area contributed by atoms with Crippen LogP contribution in [0.15, 0.2) is 42.5 Å². The van der Waals surface area contributed by atoms with Gasteiger partial charge in [-0.2, -0.15) is 0 Å². The van der Waals surface area contributed by atoms with Gasteiger partial charge in [-0.05, 0) is 43.9 Å². The van der Waals surface area contributed by atoms with Crippen LogP contribution in [0.5, 0.6) is 0 Å². The van der Waals surface area contributed by atoms with Crippen LogP contribution in [0.2, 0.25) is 0 Å². The van der Waals surface area contributed by atoms with Gasteiger partial charge >= 0.3 is 0 Å². The van der Waals surface area contributed by atoms with E-state index in [0.717, 1.165) is 24.0 Å². The summed E-state index contributed by atoms with van der Waals surface area (Å²) in [7, 11) is 0. The summed E-state index contributed by atoms with van der Waals surface area (Å²) in [6, 6.07) is 12.0. The predicted molar refractivity (Wildman–Crippen MR) is 112 cm³/mol. The van der Waals surface area contributed by atoms with Crippen LogP contribution >= 0.6 is 0 Å². The van der Waals surface area contributed by atoms with E-state index < -0.39 is 11.0 Å². The molecule has 30 heavy (non-hydrogen) atoms. The number of carbonyl (C=O) groups excluding carboxylic acids is 2. The van der Waals surface area contributed by atoms with Gasteiger partial charge < -0.3 is 15.5 Å². The fourth-order valence-electron chi connectivity index (χ4n) is 3.57. The van der Waals surface area contributed by atoms with Crippen molar-refractivity contribution in [3.63, 3.8) is 0 Å². The maximum absolute atomic E-state index is 12.8. The van der Waals surface area contributed by atoms with Gasteiger partial charge in [0.05, 0.1) is 4.92 Å². The van der Waals surface area contributed by atoms with E-state index in [4.69, 9.17) is 0 Å². The number of nitrogens with zero attached hydrogens (tertiary/aromatic N) is 2. The van der Waals surface area contributed by atoms with Gasteiger partial charge in [0.15, 0.2) is 0 Å². The molecule has 1 atom stereocenters. The Morgan fingerprint density at radius 3 is 2.57 bits per heavy atom. The lowest BCUT2D eigenvalue weighted by atomic mass is 10.1. The highest BCUT2D eigenvalue weighted by Gasteiger charge is 2.33. The summed E-state index contributed by atoms with van der Waals surface area (Å²) in [6.07, 6.45) is 2.44. The van der Waals surface area contributed by atoms with Crippen molar-refractivity contribution in [2.45, 2.75) is 44.8 Å². The van der Waals surface area contributed by atoms with Crippen molar-refractivity contribution in [1.82, 2.24) is 10.2 Å². The van der Waals surface area contributed by atoms with Gasteiger partial charge in [-0.3, -0.25) is 19.7 Å². The number of benzene rings is 2. The first-order chi connectivity index (χ1) is 14.4. The van der Waals surface area contributed by atoms with Crippen LogP contribution in [0.3, 0.4) is 0 Å². The molecular weight excluding hydrogens is 384 g/mol. The molecule has 2 fully saturated rings. The Morgan fingerprint density at radius 2 is 1.90 bits per heavy atom. The lowest BCUT2D eigenvalue weighted by Crippen LogP contribution is -2.33. The highest BCUT2D eigenvalue weighted by atomic mass is 16.6. The summed E-state index contributed by atoms with van der Waals surface area (Å²) in [4.78, 5) is 37.8. The highest BCUT2D eigenvalue weighted by Crippen LogP contribution is 2.29. The summed E-state index contributed by atoms with van der Waals surface area (Å²) in [5, 5.41) is 17.4. The minimum atomic E-state index is -0.528. The largest absolute Gasteiger partial charge is 0.368 e. The number of amides is 2. The number of rotatable bonds is 7. The molecule has 2 aromatic carbocycles. The molecule has 1 aliphatic heterocycles. The molecule has 2 aliphatic rings. The molecule has 2 N–H and O–H groups in total. The zero-order valence-corrected chi connectivity index (χ0v) is 16.8. The molecule has 2 aromatic rings. The molecule has 1 saturated carbocycles. The third-order valence-corrected chi connectivity index (χ3v) is 5.49. The van der Waals surface area contributed by atoms with Gasteiger partial charge in [-0.25, -0.2) is 0 Å². The number of carbonyl (C=O) groups is 2. The molecule has 1 saturated heterocycles. The van der Waals surface area contributed by atoms with Crippen molar-refractivity contribution in [3.05, 3.63) is 69.3 Å². The minimum absolute atomic E-state index is 0.0829. The average Bonchev–Trinajstić information content (AvgIpc) is 3.48. The monoisotopic (exact) mass is 408 g/mol. The molecule has 1 unspecified atom stereocenters. The second-order valence-electron chi connectivity index (χ2n) is 7.97. The molecule has 8 nitrogen and oxygen atoms in total. The third-order valence-electron chi connectivity index (χ3n) is 5.49. The Balaban J connectivity index is 1.45. The summed E-state index contributed by atoms with van der Waals surface area (Å²) < 4.78 is 0. The Hall–Kier alpha value is -3.42. The van der Waals surface area contributed by atoms with Crippen LogP contribution in [-0.2, 0) is 11.3 Å². The van der Waals surface area contributed by atoms with Crippen molar-refractivity contribution in [2.24, 2.45) is 0 Å². The van der Waals surface area contributed by atoms with Gasteiger partial charge in [0, 0.05) is 30.8 Å². The lowest BCUT2D eigenvalue weighted by Gasteiger charge is -2.18. The maximum atomic E-state index is 12.8. The standard InChI is InChI=1S/C22H24N4O4/c1-14-2-4-15(5-3-14)13-25-11-10-19(22(25)28)24-18-9-6-16(12-20(18)26(29)30)21(27)23-17-7-8-17/h2-6,9,12,17,19,24H,7-8,10-11,13H2,1H3,(H,23,27). The molecule has 4 rings (SSSR count). The predicted octanol–water partition coefficient (Wildman–Crippen LogP) is 3.01. The highest BCUT2D eigenvalue weighted by molar-refractivity contribution is 5.96. The van der Waals surface area contributed by atoms with Gasteiger partial charge in [-0.15, -0.1) is 0 Å². The number of aryl methyl sites for hydroxylation is 1. The van der Waals surface area contributed by atoms with Gasteiger partial charge in [0.2, 0.25) is 5.91 Å². The minimum Gasteiger partial charge on any atom is -0.368 e. The van der Waals surface area contributed by atoms with Crippen molar-refractivity contribution >= 4 is 23.2 Å². The van der Waals surface area contributed by atoms with Crippen molar-refractivity contribution in [1.29, 1.82) is 0 Å². The lowest BCUT2D eigenvalue weighted by molar-refractivity contribution is -0.384. The van der Waals surface area contributed by atoms with Crippen molar-refractivity contribution in [3.8, 4) is 0 Å². The number of nitro benzene ring substituents is 1. The van der Waals surface area contributed by atoms with E-state index in [1.54, 1.807) is 11.0 Å². The number of hydrogen-bond donors (Lipinski definition) is 2. The number of nitrogens with one attached hydrogen (secondary N) is 2. The fourth-order valence-corrected chi connectivity index (χ4v) is 3.57. The van der Waals surface area contributed by atoms with E-state index in [2.05, 4.69) is 10.6 Å². The second-order valence-corrected chi connectivity index (χ2v) is 7.97. The van der Waals surface area contributed by atoms with Crippen LogP contribution < -0.4 is 10.6 Å². The zero-order chi connectivity index (χ0) is 21.3. The van der Waals surface area contributed by atoms with Crippen molar-refractivity contribution in [2.75, 3.05) is 11.9 Å². The number of hydrogen-bond acceptors (Lipinski definition) is 5. The van der Waals surface area contributed by atoms with E-state index >= 15 is 0 Å². The molecule has 1 aliphatic carbocycles. The molecule has 156 valence electrons. The second kappa shape index (κ2) is 8.14. The Bertz CT molecular complexity index is 985. The molecule has 1 heterocycles. The summed E-state index contributed by atoms with van der Waals surface area (Å²) in [5.41, 5.74) is 2.50. The first-order valence-electron chi connectivity index (χ1n) is 10.1. The van der Waals surface area contributed by atoms with Gasteiger partial charge in [-0.1, -0.05) is 29.8 Å². The molecular formula is C22H24N4O4. The summed E-state index contributed by atoms with van der Waals surface area (Å²) in [6.45, 7) is 3.11. The van der Waals surface area contributed by atoms with Crippen LogP contribution in [0.1, 0.15) is 40.7 Å². The molecule has 0 aromatic heterocycles. The van der Waals surface area contributed by atoms with Crippen molar-refractivity contribution < 1.29 is 14.5 Å². The van der Waals surface area contributed by atoms with E-state index in [1.165, 1.54) is 12.1 Å². The van der Waals surface area contributed by atoms with E-state index in [1.807, 2.05) is 31.2 Å². The molecule has 0 spiro atoms. The normalized spacial score (nSPS) is 18.4. The van der Waals surface area contributed by atoms with Crippen LogP contribution in [0.4, 0.5) is 11.4 Å². The quantitative estimate of drug-likeness (QED) is 0.541. The smallest absolute Gasteiger partial charge is 0.293 e. The first kappa shape index (κ1) is 19.9. The Kier molecular flexibility index (Phi) is 5.39. The number of likely N-dealkylation sites (tertiary alicyclic amines) is 1. The van der Waals surface area contributed by atoms with Crippen LogP contribution in [0, 0.1) is 17.0 Å². The molecule has 0 radical (unpaired) electrons. The number of nitro groups is 1. The van der Waals surface area contributed by atoms with E-state index in [-0.39, 0.29) is 34.8 Å². The van der Waals surface area contributed by atoms with Crippen LogP contribution in [0.25, 0.3) is 0 Å². The summed E-state index contributed by atoms with van der Waals surface area (Å²) >= 11 is 0. The topological polar surface area (TPSA) is 105 Å². The molecule has 8 heteroatoms. The van der Waals surface area contributed by atoms with Crippen LogP contribution in [-0.4, -0.2) is 40.3 Å². The SMILES string of the molecule is Cc1ccc(CN2CCC(Nc3ccc(C(=O)NC4CC4)cc3[N+](=O)[O-])C2=O)cc1. The van der Waals surface area contributed by atoms with Gasteiger partial charge in [0.1, 0.15) is 11.7 Å².